The average Bonchev–Trinajstić information content (AvgIpc) is 2.37. The summed E-state index contributed by atoms with van der Waals surface area (Å²) in [5.41, 5.74) is 7.25. The van der Waals surface area contributed by atoms with Gasteiger partial charge in [0.2, 0.25) is 0 Å². The van der Waals surface area contributed by atoms with Crippen LogP contribution in [0, 0.1) is 0 Å². The molecule has 1 aromatic rings. The number of carbonyl (C=O) groups is 1. The van der Waals surface area contributed by atoms with Crippen LogP contribution < -0.4 is 10.6 Å². The number of esters is 1. The van der Waals surface area contributed by atoms with Gasteiger partial charge >= 0.3 is 5.97 Å². The van der Waals surface area contributed by atoms with Gasteiger partial charge in [-0.3, -0.25) is 0 Å². The molecule has 1 rings (SSSR count). The molecule has 0 radical (unpaired) electrons. The second-order valence-electron chi connectivity index (χ2n) is 3.95. The van der Waals surface area contributed by atoms with Gasteiger partial charge in [-0.05, 0) is 38.1 Å². The number of nitrogens with two attached hydrogens (primary N) is 1. The molecule has 0 bridgehead atoms. The summed E-state index contributed by atoms with van der Waals surface area (Å²) in [6.07, 6.45) is 0. The highest BCUT2D eigenvalue weighted by atomic mass is 32.1. The van der Waals surface area contributed by atoms with E-state index in [-0.39, 0.29) is 12.0 Å². The lowest BCUT2D eigenvalue weighted by atomic mass is 10.2. The molecule has 0 fully saturated rings. The summed E-state index contributed by atoms with van der Waals surface area (Å²) < 4.78 is 4.99. The summed E-state index contributed by atoms with van der Waals surface area (Å²) in [7, 11) is 1.84. The number of ether oxygens (including phenoxy) is 1. The van der Waals surface area contributed by atoms with E-state index >= 15 is 0 Å². The van der Waals surface area contributed by atoms with Gasteiger partial charge in [0.05, 0.1) is 6.61 Å². The minimum absolute atomic E-state index is 0.238. The van der Waals surface area contributed by atoms with Gasteiger partial charge in [0, 0.05) is 18.3 Å². The number of likely N-dealkylation sites (N-methyl/N-ethyl adjacent to an activating group) is 1. The van der Waals surface area contributed by atoms with Crippen LogP contribution in [0.3, 0.4) is 0 Å². The highest BCUT2D eigenvalue weighted by Crippen LogP contribution is 2.16. The van der Waals surface area contributed by atoms with E-state index in [0.29, 0.717) is 11.6 Å². The summed E-state index contributed by atoms with van der Waals surface area (Å²) >= 11 is 4.89. The van der Waals surface area contributed by atoms with E-state index in [2.05, 4.69) is 0 Å². The molecule has 0 spiro atoms. The molecular formula is C13H18N2O2S. The lowest BCUT2D eigenvalue weighted by molar-refractivity contribution is -0.144. The fourth-order valence-electron chi connectivity index (χ4n) is 1.51. The maximum Gasteiger partial charge on any atom is 0.328 e. The van der Waals surface area contributed by atoms with Crippen LogP contribution in [0.2, 0.25) is 0 Å². The SMILES string of the molecule is CCOC(=O)C(C)N(C)c1ccc(C(N)=S)cc1. The fraction of sp³-hybridized carbons (Fsp3) is 0.385. The average molecular weight is 266 g/mol. The van der Waals surface area contributed by atoms with Crippen molar-refractivity contribution in [2.24, 2.45) is 5.73 Å². The van der Waals surface area contributed by atoms with Crippen molar-refractivity contribution in [3.05, 3.63) is 29.8 Å². The van der Waals surface area contributed by atoms with Crippen molar-refractivity contribution < 1.29 is 9.53 Å². The van der Waals surface area contributed by atoms with Crippen molar-refractivity contribution >= 4 is 28.9 Å². The van der Waals surface area contributed by atoms with E-state index in [1.807, 2.05) is 36.2 Å². The molecule has 0 aliphatic rings. The second-order valence-corrected chi connectivity index (χ2v) is 4.39. The lowest BCUT2D eigenvalue weighted by Crippen LogP contribution is -2.37. The van der Waals surface area contributed by atoms with Crippen LogP contribution in [-0.4, -0.2) is 30.7 Å². The first-order valence-corrected chi connectivity index (χ1v) is 6.17. The van der Waals surface area contributed by atoms with Crippen molar-refractivity contribution in [2.75, 3.05) is 18.6 Å². The highest BCUT2D eigenvalue weighted by Gasteiger charge is 2.19. The molecule has 0 aliphatic carbocycles. The van der Waals surface area contributed by atoms with Gasteiger partial charge in [0.15, 0.2) is 0 Å². The zero-order valence-electron chi connectivity index (χ0n) is 10.8. The summed E-state index contributed by atoms with van der Waals surface area (Å²) in [6, 6.07) is 7.10. The Morgan fingerprint density at radius 3 is 2.44 bits per heavy atom. The van der Waals surface area contributed by atoms with Crippen LogP contribution in [0.1, 0.15) is 19.4 Å². The van der Waals surface area contributed by atoms with E-state index in [1.165, 1.54) is 0 Å². The summed E-state index contributed by atoms with van der Waals surface area (Å²) in [5.74, 6) is -0.238. The van der Waals surface area contributed by atoms with Gasteiger partial charge in [-0.25, -0.2) is 4.79 Å². The molecule has 0 aromatic heterocycles. The first-order valence-electron chi connectivity index (χ1n) is 5.76. The van der Waals surface area contributed by atoms with Crippen LogP contribution in [0.4, 0.5) is 5.69 Å². The number of benzene rings is 1. The molecule has 0 saturated heterocycles. The number of hydrogen-bond acceptors (Lipinski definition) is 4. The molecule has 4 nitrogen and oxygen atoms in total. The third kappa shape index (κ3) is 3.43. The Labute approximate surface area is 113 Å². The van der Waals surface area contributed by atoms with Gasteiger partial charge in [0.25, 0.3) is 0 Å². The Morgan fingerprint density at radius 1 is 1.44 bits per heavy atom. The largest absolute Gasteiger partial charge is 0.464 e. The van der Waals surface area contributed by atoms with Crippen LogP contribution in [-0.2, 0) is 9.53 Å². The van der Waals surface area contributed by atoms with Gasteiger partial charge in [-0.2, -0.15) is 0 Å². The van der Waals surface area contributed by atoms with Crippen LogP contribution >= 0.6 is 12.2 Å². The molecule has 0 heterocycles. The number of anilines is 1. The van der Waals surface area contributed by atoms with E-state index in [0.717, 1.165) is 11.3 Å². The van der Waals surface area contributed by atoms with Gasteiger partial charge < -0.3 is 15.4 Å². The number of rotatable bonds is 5. The molecular weight excluding hydrogens is 248 g/mol. The smallest absolute Gasteiger partial charge is 0.328 e. The molecule has 5 heteroatoms. The zero-order valence-corrected chi connectivity index (χ0v) is 11.7. The van der Waals surface area contributed by atoms with Crippen molar-refractivity contribution in [2.45, 2.75) is 19.9 Å². The normalized spacial score (nSPS) is 11.7. The standard InChI is InChI=1S/C13H18N2O2S/c1-4-17-13(16)9(2)15(3)11-7-5-10(6-8-11)12(14)18/h5-9H,4H2,1-3H3,(H2,14,18). The third-order valence-electron chi connectivity index (χ3n) is 2.77. The summed E-state index contributed by atoms with van der Waals surface area (Å²) in [4.78, 5) is 13.8. The molecule has 1 atom stereocenters. The second kappa shape index (κ2) is 6.35. The molecule has 0 aliphatic heterocycles. The van der Waals surface area contributed by atoms with Crippen molar-refractivity contribution in [3.8, 4) is 0 Å². The maximum atomic E-state index is 11.6. The Hall–Kier alpha value is -1.62. The van der Waals surface area contributed by atoms with Crippen molar-refractivity contribution in [3.63, 3.8) is 0 Å². The number of hydrogen-bond donors (Lipinski definition) is 1. The van der Waals surface area contributed by atoms with Crippen LogP contribution in [0.25, 0.3) is 0 Å². The quantitative estimate of drug-likeness (QED) is 0.649. The number of carbonyl (C=O) groups excluding carboxylic acids is 1. The maximum absolute atomic E-state index is 11.6. The van der Waals surface area contributed by atoms with Gasteiger partial charge in [-0.1, -0.05) is 12.2 Å². The molecule has 1 unspecified atom stereocenters. The van der Waals surface area contributed by atoms with E-state index in [9.17, 15) is 4.79 Å². The van der Waals surface area contributed by atoms with E-state index < -0.39 is 0 Å². The lowest BCUT2D eigenvalue weighted by Gasteiger charge is -2.25. The summed E-state index contributed by atoms with van der Waals surface area (Å²) in [6.45, 7) is 3.98. The molecule has 98 valence electrons. The topological polar surface area (TPSA) is 55.6 Å². The molecule has 1 aromatic carbocycles. The fourth-order valence-corrected chi connectivity index (χ4v) is 1.64. The van der Waals surface area contributed by atoms with E-state index in [4.69, 9.17) is 22.7 Å². The van der Waals surface area contributed by atoms with Gasteiger partial charge in [-0.15, -0.1) is 0 Å². The minimum atomic E-state index is -0.333. The van der Waals surface area contributed by atoms with Crippen LogP contribution in [0.5, 0.6) is 0 Å². The Morgan fingerprint density at radius 2 is 2.00 bits per heavy atom. The van der Waals surface area contributed by atoms with Crippen molar-refractivity contribution in [1.82, 2.24) is 0 Å². The molecule has 18 heavy (non-hydrogen) atoms. The first-order chi connectivity index (χ1) is 8.47. The number of nitrogens with zero attached hydrogens (tertiary/aromatic N) is 1. The van der Waals surface area contributed by atoms with Gasteiger partial charge in [0.1, 0.15) is 11.0 Å². The molecule has 0 amide bonds. The Kier molecular flexibility index (Phi) is 5.09. The summed E-state index contributed by atoms with van der Waals surface area (Å²) in [5, 5.41) is 0. The Bertz CT molecular complexity index is 431. The van der Waals surface area contributed by atoms with Crippen molar-refractivity contribution in [1.29, 1.82) is 0 Å². The Balaban J connectivity index is 2.80. The monoisotopic (exact) mass is 266 g/mol. The zero-order chi connectivity index (χ0) is 13.7. The predicted octanol–water partition coefficient (Wildman–Crippen LogP) is 1.71. The third-order valence-corrected chi connectivity index (χ3v) is 3.00. The molecule has 2 N–H and O–H groups in total. The minimum Gasteiger partial charge on any atom is -0.464 e. The number of thiocarbonyl (C=S) groups is 1. The predicted molar refractivity (Wildman–Crippen MR) is 76.8 cm³/mol. The highest BCUT2D eigenvalue weighted by molar-refractivity contribution is 7.80. The van der Waals surface area contributed by atoms with E-state index in [1.54, 1.807) is 13.8 Å². The molecule has 0 saturated carbocycles. The first kappa shape index (κ1) is 14.4. The van der Waals surface area contributed by atoms with Crippen LogP contribution in [0.15, 0.2) is 24.3 Å².